The number of fused-ring (bicyclic) bond motifs is 1. The Kier molecular flexibility index (Phi) is 3.63. The Hall–Kier alpha value is -3.28. The predicted octanol–water partition coefficient (Wildman–Crippen LogP) is 3.77. The first kappa shape index (κ1) is 14.3. The van der Waals surface area contributed by atoms with Crippen LogP contribution < -0.4 is 5.32 Å². The molecule has 0 bridgehead atoms. The van der Waals surface area contributed by atoms with E-state index < -0.39 is 0 Å². The number of H-pyrrole nitrogens is 1. The van der Waals surface area contributed by atoms with Gasteiger partial charge in [0, 0.05) is 18.3 Å². The largest absolute Gasteiger partial charge is 0.365 e. The molecule has 2 aromatic carbocycles. The molecule has 24 heavy (non-hydrogen) atoms. The lowest BCUT2D eigenvalue weighted by atomic mass is 10.1. The molecule has 6 heteroatoms. The molecule has 0 fully saturated rings. The van der Waals surface area contributed by atoms with Gasteiger partial charge in [0.1, 0.15) is 11.6 Å². The molecule has 0 aliphatic rings. The van der Waals surface area contributed by atoms with Crippen LogP contribution >= 0.6 is 0 Å². The highest BCUT2D eigenvalue weighted by molar-refractivity contribution is 5.81. The Morgan fingerprint density at radius 1 is 0.958 bits per heavy atom. The molecule has 4 rings (SSSR count). The summed E-state index contributed by atoms with van der Waals surface area (Å²) in [4.78, 5) is 9.02. The highest BCUT2D eigenvalue weighted by atomic mass is 19.1. The average molecular weight is 319 g/mol. The Balaban J connectivity index is 1.55. The maximum absolute atomic E-state index is 12.9. The van der Waals surface area contributed by atoms with Crippen LogP contribution in [0.2, 0.25) is 0 Å². The quantitative estimate of drug-likeness (QED) is 0.601. The number of anilines is 1. The smallest absolute Gasteiger partial charge is 0.145 e. The molecule has 2 heterocycles. The van der Waals surface area contributed by atoms with Crippen LogP contribution in [-0.4, -0.2) is 20.2 Å². The van der Waals surface area contributed by atoms with E-state index in [1.54, 1.807) is 24.5 Å². The number of hydrogen-bond donors (Lipinski definition) is 2. The first-order chi connectivity index (χ1) is 11.8. The monoisotopic (exact) mass is 319 g/mol. The van der Waals surface area contributed by atoms with Gasteiger partial charge in [-0.25, -0.2) is 9.37 Å². The second-order valence-electron chi connectivity index (χ2n) is 5.43. The molecule has 0 atom stereocenters. The third-order valence-corrected chi connectivity index (χ3v) is 3.76. The average Bonchev–Trinajstić information content (AvgIpc) is 3.15. The molecule has 4 aromatic rings. The summed E-state index contributed by atoms with van der Waals surface area (Å²) in [6.07, 6.45) is 5.31. The van der Waals surface area contributed by atoms with Crippen LogP contribution in [0.1, 0.15) is 5.56 Å². The van der Waals surface area contributed by atoms with Crippen LogP contribution in [-0.2, 0) is 6.54 Å². The standard InChI is InChI=1S/C18H14FN5/c19-15-4-1-12(2-5-15)8-21-18-11-20-17-7-13(3-6-16(17)24-18)14-9-22-23-10-14/h1-7,9-11H,8H2,(H,21,24)(H,22,23). The Bertz CT molecular complexity index is 965. The second-order valence-corrected chi connectivity index (χ2v) is 5.43. The normalized spacial score (nSPS) is 10.9. The van der Waals surface area contributed by atoms with E-state index in [9.17, 15) is 4.39 Å². The molecular formula is C18H14FN5. The van der Waals surface area contributed by atoms with Crippen molar-refractivity contribution in [3.05, 3.63) is 72.4 Å². The van der Waals surface area contributed by atoms with Crippen molar-refractivity contribution in [3.63, 3.8) is 0 Å². The van der Waals surface area contributed by atoms with E-state index in [2.05, 4.69) is 25.5 Å². The third-order valence-electron chi connectivity index (χ3n) is 3.76. The maximum Gasteiger partial charge on any atom is 0.145 e. The number of aromatic nitrogens is 4. The molecule has 0 unspecified atom stereocenters. The van der Waals surface area contributed by atoms with Crippen LogP contribution in [0.4, 0.5) is 10.2 Å². The van der Waals surface area contributed by atoms with Gasteiger partial charge in [-0.1, -0.05) is 18.2 Å². The summed E-state index contributed by atoms with van der Waals surface area (Å²) in [6.45, 7) is 0.563. The van der Waals surface area contributed by atoms with E-state index in [4.69, 9.17) is 0 Å². The molecule has 0 radical (unpaired) electrons. The van der Waals surface area contributed by atoms with Gasteiger partial charge in [-0.2, -0.15) is 5.10 Å². The minimum absolute atomic E-state index is 0.238. The molecule has 0 aliphatic heterocycles. The topological polar surface area (TPSA) is 66.5 Å². The van der Waals surface area contributed by atoms with Crippen molar-refractivity contribution >= 4 is 16.9 Å². The van der Waals surface area contributed by atoms with E-state index in [0.29, 0.717) is 12.4 Å². The highest BCUT2D eigenvalue weighted by Crippen LogP contribution is 2.22. The summed E-state index contributed by atoms with van der Waals surface area (Å²) >= 11 is 0. The number of rotatable bonds is 4. The van der Waals surface area contributed by atoms with Gasteiger partial charge in [0.25, 0.3) is 0 Å². The molecule has 0 aliphatic carbocycles. The van der Waals surface area contributed by atoms with Crippen LogP contribution in [0.5, 0.6) is 0 Å². The molecular weight excluding hydrogens is 305 g/mol. The van der Waals surface area contributed by atoms with Gasteiger partial charge < -0.3 is 5.32 Å². The molecule has 0 saturated carbocycles. The summed E-state index contributed by atoms with van der Waals surface area (Å²) in [5.74, 6) is 0.445. The highest BCUT2D eigenvalue weighted by Gasteiger charge is 2.04. The summed E-state index contributed by atoms with van der Waals surface area (Å²) in [6, 6.07) is 12.3. The summed E-state index contributed by atoms with van der Waals surface area (Å²) in [5.41, 5.74) is 4.66. The minimum atomic E-state index is -0.238. The zero-order valence-corrected chi connectivity index (χ0v) is 12.7. The van der Waals surface area contributed by atoms with Gasteiger partial charge in [0.05, 0.1) is 23.4 Å². The Morgan fingerprint density at radius 3 is 2.62 bits per heavy atom. The maximum atomic E-state index is 12.9. The lowest BCUT2D eigenvalue weighted by Crippen LogP contribution is -2.02. The van der Waals surface area contributed by atoms with Gasteiger partial charge in [-0.05, 0) is 35.4 Å². The van der Waals surface area contributed by atoms with Crippen molar-refractivity contribution in [2.24, 2.45) is 0 Å². The lowest BCUT2D eigenvalue weighted by Gasteiger charge is -2.07. The van der Waals surface area contributed by atoms with Crippen LogP contribution in [0.25, 0.3) is 22.2 Å². The first-order valence-corrected chi connectivity index (χ1v) is 7.52. The zero-order valence-electron chi connectivity index (χ0n) is 12.7. The summed E-state index contributed by atoms with van der Waals surface area (Å²) in [7, 11) is 0. The SMILES string of the molecule is Fc1ccc(CNc2cnc3cc(-c4cn[nH]c4)ccc3n2)cc1. The van der Waals surface area contributed by atoms with Crippen molar-refractivity contribution < 1.29 is 4.39 Å². The fourth-order valence-corrected chi connectivity index (χ4v) is 2.48. The lowest BCUT2D eigenvalue weighted by molar-refractivity contribution is 0.627. The first-order valence-electron chi connectivity index (χ1n) is 7.52. The molecule has 2 N–H and O–H groups in total. The summed E-state index contributed by atoms with van der Waals surface area (Å²) < 4.78 is 12.9. The van der Waals surface area contributed by atoms with E-state index in [1.807, 2.05) is 24.4 Å². The van der Waals surface area contributed by atoms with Crippen molar-refractivity contribution in [1.82, 2.24) is 20.2 Å². The van der Waals surface area contributed by atoms with Gasteiger partial charge in [0.2, 0.25) is 0 Å². The van der Waals surface area contributed by atoms with E-state index in [-0.39, 0.29) is 5.82 Å². The molecule has 0 spiro atoms. The summed E-state index contributed by atoms with van der Waals surface area (Å²) in [5, 5.41) is 9.96. The fraction of sp³-hybridized carbons (Fsp3) is 0.0556. The van der Waals surface area contributed by atoms with Crippen LogP contribution in [0.3, 0.4) is 0 Å². The number of halogens is 1. The van der Waals surface area contributed by atoms with Crippen molar-refractivity contribution in [2.75, 3.05) is 5.32 Å². The second kappa shape index (κ2) is 6.08. The van der Waals surface area contributed by atoms with Crippen LogP contribution in [0.15, 0.2) is 61.1 Å². The molecule has 118 valence electrons. The number of benzene rings is 2. The van der Waals surface area contributed by atoms with Gasteiger partial charge in [-0.3, -0.25) is 10.1 Å². The fourth-order valence-electron chi connectivity index (χ4n) is 2.48. The van der Waals surface area contributed by atoms with Crippen LogP contribution in [0, 0.1) is 5.82 Å². The minimum Gasteiger partial charge on any atom is -0.365 e. The van der Waals surface area contributed by atoms with Crippen molar-refractivity contribution in [1.29, 1.82) is 0 Å². The molecule has 5 nitrogen and oxygen atoms in total. The zero-order chi connectivity index (χ0) is 16.4. The van der Waals surface area contributed by atoms with Gasteiger partial charge in [0.15, 0.2) is 0 Å². The van der Waals surface area contributed by atoms with E-state index >= 15 is 0 Å². The van der Waals surface area contributed by atoms with Crippen molar-refractivity contribution in [2.45, 2.75) is 6.54 Å². The molecule has 2 aromatic heterocycles. The third kappa shape index (κ3) is 2.94. The number of hydrogen-bond acceptors (Lipinski definition) is 4. The number of nitrogens with zero attached hydrogens (tertiary/aromatic N) is 3. The van der Waals surface area contributed by atoms with Gasteiger partial charge in [-0.15, -0.1) is 0 Å². The van der Waals surface area contributed by atoms with E-state index in [1.165, 1.54) is 12.1 Å². The number of aromatic amines is 1. The van der Waals surface area contributed by atoms with Gasteiger partial charge >= 0.3 is 0 Å². The molecule has 0 amide bonds. The number of nitrogens with one attached hydrogen (secondary N) is 2. The van der Waals surface area contributed by atoms with E-state index in [0.717, 1.165) is 27.7 Å². The Labute approximate surface area is 137 Å². The molecule has 0 saturated heterocycles. The Morgan fingerprint density at radius 2 is 1.83 bits per heavy atom. The predicted molar refractivity (Wildman–Crippen MR) is 90.8 cm³/mol. The van der Waals surface area contributed by atoms with Crippen molar-refractivity contribution in [3.8, 4) is 11.1 Å².